The lowest BCUT2D eigenvalue weighted by molar-refractivity contribution is -0.145. The highest BCUT2D eigenvalue weighted by Crippen LogP contribution is 2.24. The fourth-order valence-electron chi connectivity index (χ4n) is 3.37. The number of hydrogen-bond donors (Lipinski definition) is 1. The molecular formula is C18H33N3O4. The van der Waals surface area contributed by atoms with Crippen molar-refractivity contribution in [3.8, 4) is 0 Å². The zero-order chi connectivity index (χ0) is 18.1. The maximum absolute atomic E-state index is 11.9. The highest BCUT2D eigenvalue weighted by atomic mass is 16.5. The molecule has 1 N–H and O–H groups in total. The summed E-state index contributed by atoms with van der Waals surface area (Å²) in [5.41, 5.74) is 0. The second-order valence-electron chi connectivity index (χ2n) is 6.81. The Morgan fingerprint density at radius 2 is 2.24 bits per heavy atom. The van der Waals surface area contributed by atoms with Crippen molar-refractivity contribution in [1.82, 2.24) is 10.2 Å². The van der Waals surface area contributed by atoms with Crippen LogP contribution in [0.4, 0.5) is 0 Å². The Morgan fingerprint density at radius 3 is 2.92 bits per heavy atom. The van der Waals surface area contributed by atoms with Crippen LogP contribution in [-0.4, -0.2) is 76.0 Å². The fourth-order valence-corrected chi connectivity index (χ4v) is 3.37. The number of carbonyl (C=O) groups is 1. The van der Waals surface area contributed by atoms with Crippen LogP contribution in [0.1, 0.15) is 33.1 Å². The van der Waals surface area contributed by atoms with Gasteiger partial charge in [0, 0.05) is 39.4 Å². The van der Waals surface area contributed by atoms with Crippen molar-refractivity contribution in [3.05, 3.63) is 0 Å². The monoisotopic (exact) mass is 355 g/mol. The van der Waals surface area contributed by atoms with Crippen LogP contribution in [0.5, 0.6) is 0 Å². The van der Waals surface area contributed by atoms with E-state index >= 15 is 0 Å². The van der Waals surface area contributed by atoms with Crippen molar-refractivity contribution in [3.63, 3.8) is 0 Å². The van der Waals surface area contributed by atoms with Gasteiger partial charge in [0.05, 0.1) is 25.7 Å². The lowest BCUT2D eigenvalue weighted by Crippen LogP contribution is -2.40. The SMILES string of the molecule is CCNC(=NCCCOCC1CCCO1)N1CC(C)C(C(=O)OC)C1. The summed E-state index contributed by atoms with van der Waals surface area (Å²) in [7, 11) is 1.45. The summed E-state index contributed by atoms with van der Waals surface area (Å²) >= 11 is 0. The van der Waals surface area contributed by atoms with Gasteiger partial charge in [0.25, 0.3) is 0 Å². The van der Waals surface area contributed by atoms with Gasteiger partial charge in [0.15, 0.2) is 5.96 Å². The zero-order valence-corrected chi connectivity index (χ0v) is 15.8. The first-order chi connectivity index (χ1) is 12.2. The second-order valence-corrected chi connectivity index (χ2v) is 6.81. The summed E-state index contributed by atoms with van der Waals surface area (Å²) in [6.07, 6.45) is 3.41. The third-order valence-electron chi connectivity index (χ3n) is 4.79. The van der Waals surface area contributed by atoms with E-state index in [4.69, 9.17) is 14.2 Å². The maximum Gasteiger partial charge on any atom is 0.310 e. The van der Waals surface area contributed by atoms with E-state index in [0.717, 1.165) is 44.9 Å². The van der Waals surface area contributed by atoms with Crippen molar-refractivity contribution < 1.29 is 19.0 Å². The summed E-state index contributed by atoms with van der Waals surface area (Å²) in [5, 5.41) is 3.32. The predicted molar refractivity (Wildman–Crippen MR) is 96.6 cm³/mol. The van der Waals surface area contributed by atoms with Gasteiger partial charge in [-0.1, -0.05) is 6.92 Å². The van der Waals surface area contributed by atoms with Gasteiger partial charge in [-0.3, -0.25) is 9.79 Å². The molecule has 2 fully saturated rings. The Hall–Kier alpha value is -1.34. The molecule has 3 atom stereocenters. The van der Waals surface area contributed by atoms with Gasteiger partial charge in [-0.05, 0) is 32.1 Å². The molecule has 2 saturated heterocycles. The van der Waals surface area contributed by atoms with Gasteiger partial charge in [-0.2, -0.15) is 0 Å². The lowest BCUT2D eigenvalue weighted by Gasteiger charge is -2.21. The number of esters is 1. The average molecular weight is 355 g/mol. The quantitative estimate of drug-likeness (QED) is 0.306. The number of nitrogens with zero attached hydrogens (tertiary/aromatic N) is 2. The molecule has 0 aliphatic carbocycles. The smallest absolute Gasteiger partial charge is 0.310 e. The van der Waals surface area contributed by atoms with Gasteiger partial charge >= 0.3 is 5.97 Å². The van der Waals surface area contributed by atoms with Crippen LogP contribution in [0.3, 0.4) is 0 Å². The summed E-state index contributed by atoms with van der Waals surface area (Å²) < 4.78 is 16.1. The molecule has 7 nitrogen and oxygen atoms in total. The molecule has 0 aromatic carbocycles. The summed E-state index contributed by atoms with van der Waals surface area (Å²) in [6.45, 7) is 9.39. The molecule has 0 spiro atoms. The Kier molecular flexibility index (Phi) is 8.48. The van der Waals surface area contributed by atoms with Crippen molar-refractivity contribution in [2.24, 2.45) is 16.8 Å². The van der Waals surface area contributed by atoms with Crippen LogP contribution < -0.4 is 5.32 Å². The van der Waals surface area contributed by atoms with E-state index in [1.165, 1.54) is 7.11 Å². The molecule has 0 amide bonds. The van der Waals surface area contributed by atoms with E-state index in [9.17, 15) is 4.79 Å². The molecule has 2 rings (SSSR count). The zero-order valence-electron chi connectivity index (χ0n) is 15.8. The van der Waals surface area contributed by atoms with E-state index in [-0.39, 0.29) is 23.9 Å². The van der Waals surface area contributed by atoms with Crippen LogP contribution in [0.25, 0.3) is 0 Å². The number of aliphatic imine (C=N–C) groups is 1. The Labute approximate surface area is 151 Å². The van der Waals surface area contributed by atoms with Crippen molar-refractivity contribution in [2.45, 2.75) is 39.2 Å². The summed E-state index contributed by atoms with van der Waals surface area (Å²) in [4.78, 5) is 18.7. The molecule has 7 heteroatoms. The average Bonchev–Trinajstić information content (AvgIpc) is 3.26. The van der Waals surface area contributed by atoms with Crippen LogP contribution >= 0.6 is 0 Å². The molecular weight excluding hydrogens is 322 g/mol. The lowest BCUT2D eigenvalue weighted by atomic mass is 9.99. The van der Waals surface area contributed by atoms with Crippen LogP contribution in [-0.2, 0) is 19.0 Å². The molecule has 25 heavy (non-hydrogen) atoms. The van der Waals surface area contributed by atoms with Gasteiger partial charge in [0.2, 0.25) is 0 Å². The highest BCUT2D eigenvalue weighted by molar-refractivity contribution is 5.82. The first kappa shape index (κ1) is 20.0. The van der Waals surface area contributed by atoms with Gasteiger partial charge in [0.1, 0.15) is 0 Å². The van der Waals surface area contributed by atoms with E-state index < -0.39 is 0 Å². The minimum absolute atomic E-state index is 0.0800. The number of methoxy groups -OCH3 is 1. The maximum atomic E-state index is 11.9. The molecule has 0 aromatic rings. The van der Waals surface area contributed by atoms with Crippen molar-refractivity contribution in [2.75, 3.05) is 53.1 Å². The van der Waals surface area contributed by atoms with Gasteiger partial charge in [-0.25, -0.2) is 0 Å². The predicted octanol–water partition coefficient (Wildman–Crippen LogP) is 1.28. The van der Waals surface area contributed by atoms with Crippen molar-refractivity contribution in [1.29, 1.82) is 0 Å². The number of hydrogen-bond acceptors (Lipinski definition) is 5. The first-order valence-corrected chi connectivity index (χ1v) is 9.46. The fraction of sp³-hybridized carbons (Fsp3) is 0.889. The Morgan fingerprint density at radius 1 is 1.40 bits per heavy atom. The molecule has 0 saturated carbocycles. The van der Waals surface area contributed by atoms with Crippen LogP contribution in [0.15, 0.2) is 4.99 Å². The van der Waals surface area contributed by atoms with Gasteiger partial charge < -0.3 is 24.4 Å². The highest BCUT2D eigenvalue weighted by Gasteiger charge is 2.36. The molecule has 2 heterocycles. The van der Waals surface area contributed by atoms with E-state index in [0.29, 0.717) is 26.3 Å². The van der Waals surface area contributed by atoms with Crippen LogP contribution in [0.2, 0.25) is 0 Å². The number of guanidine groups is 1. The van der Waals surface area contributed by atoms with Crippen LogP contribution in [0, 0.1) is 11.8 Å². The third-order valence-corrected chi connectivity index (χ3v) is 4.79. The van der Waals surface area contributed by atoms with Gasteiger partial charge in [-0.15, -0.1) is 0 Å². The minimum atomic E-state index is -0.131. The van der Waals surface area contributed by atoms with E-state index in [1.54, 1.807) is 0 Å². The molecule has 0 aromatic heterocycles. The second kappa shape index (κ2) is 10.6. The number of carbonyl (C=O) groups excluding carboxylic acids is 1. The van der Waals surface area contributed by atoms with Crippen molar-refractivity contribution >= 4 is 11.9 Å². The minimum Gasteiger partial charge on any atom is -0.469 e. The number of nitrogens with one attached hydrogen (secondary N) is 1. The number of rotatable bonds is 8. The normalized spacial score (nSPS) is 26.9. The molecule has 3 unspecified atom stereocenters. The summed E-state index contributed by atoms with van der Waals surface area (Å²) in [5.74, 6) is 0.933. The van der Waals surface area contributed by atoms with E-state index in [1.807, 2.05) is 0 Å². The Bertz CT molecular complexity index is 438. The standard InChI is InChI=1S/C18H33N3O4/c1-4-19-18(21-11-14(2)16(12-21)17(22)23-3)20-8-6-9-24-13-15-7-5-10-25-15/h14-16H,4-13H2,1-3H3,(H,19,20). The largest absolute Gasteiger partial charge is 0.469 e. The number of ether oxygens (including phenoxy) is 3. The first-order valence-electron chi connectivity index (χ1n) is 9.46. The third kappa shape index (κ3) is 6.15. The topological polar surface area (TPSA) is 72.4 Å². The molecule has 0 bridgehead atoms. The molecule has 2 aliphatic heterocycles. The molecule has 144 valence electrons. The Balaban J connectivity index is 1.73. The summed E-state index contributed by atoms with van der Waals surface area (Å²) in [6, 6.07) is 0. The molecule has 0 radical (unpaired) electrons. The van der Waals surface area contributed by atoms with E-state index in [2.05, 4.69) is 29.1 Å². The molecule has 2 aliphatic rings. The number of likely N-dealkylation sites (tertiary alicyclic amines) is 1.